The molecule has 0 aliphatic heterocycles. The number of hydrazone groups is 1. The Labute approximate surface area is 121 Å². The van der Waals surface area contributed by atoms with Crippen LogP contribution >= 0.6 is 0 Å². The molecule has 9 nitrogen and oxygen atoms in total. The number of carbonyl (C=O) groups excluding carboxylic acids is 1. The highest BCUT2D eigenvalue weighted by Gasteiger charge is 2.14. The number of benzene rings is 1. The summed E-state index contributed by atoms with van der Waals surface area (Å²) in [6.07, 6.45) is 0. The summed E-state index contributed by atoms with van der Waals surface area (Å²) in [6, 6.07) is 6.89. The summed E-state index contributed by atoms with van der Waals surface area (Å²) in [4.78, 5) is 10.7. The van der Waals surface area contributed by atoms with Gasteiger partial charge in [0, 0.05) is 6.92 Å². The summed E-state index contributed by atoms with van der Waals surface area (Å²) in [6.45, 7) is 1.09. The first-order valence-electron chi connectivity index (χ1n) is 5.48. The van der Waals surface area contributed by atoms with E-state index in [1.54, 1.807) is 6.07 Å². The van der Waals surface area contributed by atoms with Crippen LogP contribution in [0.5, 0.6) is 0 Å². The van der Waals surface area contributed by atoms with Crippen molar-refractivity contribution in [1.82, 2.24) is 4.72 Å². The van der Waals surface area contributed by atoms with Crippen molar-refractivity contribution < 1.29 is 13.2 Å². The maximum atomic E-state index is 11.7. The van der Waals surface area contributed by atoms with Gasteiger partial charge in [0.05, 0.1) is 10.6 Å². The van der Waals surface area contributed by atoms with Crippen LogP contribution in [0.4, 0.5) is 5.69 Å². The lowest BCUT2D eigenvalue weighted by Gasteiger charge is -2.06. The van der Waals surface area contributed by atoms with E-state index in [1.807, 2.05) is 4.72 Å². The van der Waals surface area contributed by atoms with E-state index < -0.39 is 21.8 Å². The number of sulfonamides is 1. The minimum Gasteiger partial charge on any atom is -0.382 e. The van der Waals surface area contributed by atoms with Gasteiger partial charge in [-0.1, -0.05) is 0 Å². The Bertz CT molecular complexity index is 730. The molecule has 0 spiro atoms. The van der Waals surface area contributed by atoms with Gasteiger partial charge in [0.2, 0.25) is 11.6 Å². The van der Waals surface area contributed by atoms with Crippen LogP contribution in [-0.4, -0.2) is 25.9 Å². The monoisotopic (exact) mass is 308 g/mol. The first-order chi connectivity index (χ1) is 9.76. The Balaban J connectivity index is 2.92. The molecule has 0 bridgehead atoms. The number of hydrogen-bond donors (Lipinski definition) is 4. The molecule has 0 aromatic heterocycles. The van der Waals surface area contributed by atoms with E-state index in [1.165, 1.54) is 24.3 Å². The average molecular weight is 308 g/mol. The predicted octanol–water partition coefficient (Wildman–Crippen LogP) is -0.261. The van der Waals surface area contributed by atoms with E-state index in [0.29, 0.717) is 5.69 Å². The quantitative estimate of drug-likeness (QED) is 0.333. The maximum absolute atomic E-state index is 11.7. The summed E-state index contributed by atoms with van der Waals surface area (Å²) in [5.74, 6) is -1.18. The van der Waals surface area contributed by atoms with Gasteiger partial charge in [-0.05, 0) is 24.3 Å². The minimum absolute atomic E-state index is 0.0979. The Morgan fingerprint density at radius 1 is 1.38 bits per heavy atom. The van der Waals surface area contributed by atoms with Gasteiger partial charge in [-0.2, -0.15) is 10.4 Å². The molecule has 0 radical (unpaired) electrons. The molecule has 1 amide bonds. The molecule has 110 valence electrons. The fourth-order valence-electron chi connectivity index (χ4n) is 1.22. The molecule has 0 saturated carbocycles. The Hall–Kier alpha value is -2.93. The zero-order valence-corrected chi connectivity index (χ0v) is 11.7. The second-order valence-corrected chi connectivity index (χ2v) is 5.47. The highest BCUT2D eigenvalue weighted by molar-refractivity contribution is 7.90. The number of amides is 1. The topological polar surface area (TPSA) is 161 Å². The SMILES string of the molecule is CC(=O)NS(=O)(=O)c1ccc(N/N=C(\C#N)C(=N)N)cc1. The van der Waals surface area contributed by atoms with E-state index in [2.05, 4.69) is 10.5 Å². The number of rotatable bonds is 5. The number of amidine groups is 1. The highest BCUT2D eigenvalue weighted by atomic mass is 32.2. The summed E-state index contributed by atoms with van der Waals surface area (Å²) in [7, 11) is -3.90. The van der Waals surface area contributed by atoms with Gasteiger partial charge < -0.3 is 5.73 Å². The number of nitriles is 1. The smallest absolute Gasteiger partial charge is 0.264 e. The Kier molecular flexibility index (Phi) is 4.98. The molecule has 1 rings (SSSR count). The van der Waals surface area contributed by atoms with Gasteiger partial charge >= 0.3 is 0 Å². The van der Waals surface area contributed by atoms with Crippen LogP contribution in [0.3, 0.4) is 0 Å². The Morgan fingerprint density at radius 3 is 2.38 bits per heavy atom. The van der Waals surface area contributed by atoms with Crippen LogP contribution in [0.2, 0.25) is 0 Å². The summed E-state index contributed by atoms with van der Waals surface area (Å²) < 4.78 is 25.2. The lowest BCUT2D eigenvalue weighted by Crippen LogP contribution is -2.28. The summed E-state index contributed by atoms with van der Waals surface area (Å²) >= 11 is 0. The van der Waals surface area contributed by atoms with Crippen molar-refractivity contribution in [2.75, 3.05) is 5.43 Å². The van der Waals surface area contributed by atoms with Crippen molar-refractivity contribution >= 4 is 33.2 Å². The third-order valence-corrected chi connectivity index (χ3v) is 3.55. The molecule has 0 heterocycles. The molecule has 10 heteroatoms. The molecule has 1 aromatic rings. The number of hydrogen-bond acceptors (Lipinski definition) is 7. The molecule has 0 aliphatic rings. The molecule has 0 aliphatic carbocycles. The highest BCUT2D eigenvalue weighted by Crippen LogP contribution is 2.13. The van der Waals surface area contributed by atoms with Crippen LogP contribution in [0.1, 0.15) is 6.92 Å². The van der Waals surface area contributed by atoms with Gasteiger partial charge in [-0.25, -0.2) is 13.1 Å². The maximum Gasteiger partial charge on any atom is 0.264 e. The predicted molar refractivity (Wildman–Crippen MR) is 76.0 cm³/mol. The van der Waals surface area contributed by atoms with Crippen molar-refractivity contribution in [2.24, 2.45) is 10.8 Å². The zero-order chi connectivity index (χ0) is 16.0. The van der Waals surface area contributed by atoms with Crippen molar-refractivity contribution in [3.8, 4) is 6.07 Å². The van der Waals surface area contributed by atoms with Crippen molar-refractivity contribution in [1.29, 1.82) is 10.7 Å². The Morgan fingerprint density at radius 2 is 1.95 bits per heavy atom. The van der Waals surface area contributed by atoms with Crippen LogP contribution in [0.25, 0.3) is 0 Å². The minimum atomic E-state index is -3.90. The van der Waals surface area contributed by atoms with Crippen LogP contribution in [0, 0.1) is 16.7 Å². The van der Waals surface area contributed by atoms with E-state index in [9.17, 15) is 13.2 Å². The first-order valence-corrected chi connectivity index (χ1v) is 6.96. The van der Waals surface area contributed by atoms with E-state index in [-0.39, 0.29) is 10.6 Å². The number of carbonyl (C=O) groups is 1. The number of nitrogens with two attached hydrogens (primary N) is 1. The zero-order valence-electron chi connectivity index (χ0n) is 10.9. The lowest BCUT2D eigenvalue weighted by atomic mass is 10.3. The van der Waals surface area contributed by atoms with Gasteiger partial charge in [-0.15, -0.1) is 0 Å². The first kappa shape index (κ1) is 16.1. The summed E-state index contributed by atoms with van der Waals surface area (Å²) in [5.41, 5.74) is 7.65. The van der Waals surface area contributed by atoms with Gasteiger partial charge in [0.25, 0.3) is 10.0 Å². The number of nitrogens with one attached hydrogen (secondary N) is 3. The van der Waals surface area contributed by atoms with Crippen LogP contribution in [0.15, 0.2) is 34.3 Å². The van der Waals surface area contributed by atoms with E-state index in [4.69, 9.17) is 16.4 Å². The molecule has 0 atom stereocenters. The van der Waals surface area contributed by atoms with Crippen molar-refractivity contribution in [3.05, 3.63) is 24.3 Å². The van der Waals surface area contributed by atoms with Crippen molar-refractivity contribution in [3.63, 3.8) is 0 Å². The molecule has 5 N–H and O–H groups in total. The third-order valence-electron chi connectivity index (χ3n) is 2.10. The average Bonchev–Trinajstić information content (AvgIpc) is 2.38. The third kappa shape index (κ3) is 4.59. The molecular weight excluding hydrogens is 296 g/mol. The van der Waals surface area contributed by atoms with Gasteiger partial charge in [-0.3, -0.25) is 15.6 Å². The molecule has 0 unspecified atom stereocenters. The van der Waals surface area contributed by atoms with E-state index >= 15 is 0 Å². The largest absolute Gasteiger partial charge is 0.382 e. The second kappa shape index (κ2) is 6.49. The molecule has 1 aromatic carbocycles. The number of nitrogens with zero attached hydrogens (tertiary/aromatic N) is 2. The van der Waals surface area contributed by atoms with Crippen molar-refractivity contribution in [2.45, 2.75) is 11.8 Å². The number of anilines is 1. The molecule has 21 heavy (non-hydrogen) atoms. The molecular formula is C11H12N6O3S. The summed E-state index contributed by atoms with van der Waals surface area (Å²) in [5, 5.41) is 19.3. The van der Waals surface area contributed by atoms with E-state index in [0.717, 1.165) is 6.92 Å². The fourth-order valence-corrected chi connectivity index (χ4v) is 2.21. The normalized spacial score (nSPS) is 11.3. The van der Waals surface area contributed by atoms with Crippen LogP contribution < -0.4 is 15.9 Å². The second-order valence-electron chi connectivity index (χ2n) is 3.78. The van der Waals surface area contributed by atoms with Crippen LogP contribution in [-0.2, 0) is 14.8 Å². The molecule has 0 fully saturated rings. The standard InChI is InChI=1S/C11H12N6O3S/c1-7(18)17-21(19,20)9-4-2-8(3-5-9)15-16-10(6-12)11(13)14/h2-5,15H,1H3,(H3,13,14)(H,17,18)/b16-10+. The molecule has 0 saturated heterocycles. The fraction of sp³-hybridized carbons (Fsp3) is 0.0909. The lowest BCUT2D eigenvalue weighted by molar-refractivity contribution is -0.117. The van der Waals surface area contributed by atoms with Gasteiger partial charge in [0.1, 0.15) is 6.07 Å². The van der Waals surface area contributed by atoms with Gasteiger partial charge in [0.15, 0.2) is 5.84 Å².